The number of amides is 1. The first-order valence-electron chi connectivity index (χ1n) is 7.43. The largest absolute Gasteiger partial charge is 0.317 e. The Hall–Kier alpha value is -0.720. The third-order valence-corrected chi connectivity index (χ3v) is 5.25. The van der Waals surface area contributed by atoms with Crippen molar-refractivity contribution in [1.82, 2.24) is 15.5 Å². The van der Waals surface area contributed by atoms with Gasteiger partial charge < -0.3 is 10.6 Å². The second-order valence-electron chi connectivity index (χ2n) is 6.46. The highest BCUT2D eigenvalue weighted by Crippen LogP contribution is 2.58. The molecule has 118 valence electrons. The number of aromatic nitrogens is 2. The molecule has 1 spiro atoms. The van der Waals surface area contributed by atoms with Crippen LogP contribution in [-0.2, 0) is 11.2 Å². The van der Waals surface area contributed by atoms with Gasteiger partial charge in [0.2, 0.25) is 11.0 Å². The van der Waals surface area contributed by atoms with Crippen LogP contribution in [-0.4, -0.2) is 29.2 Å². The van der Waals surface area contributed by atoms with E-state index in [0.717, 1.165) is 43.8 Å². The summed E-state index contributed by atoms with van der Waals surface area (Å²) in [5, 5.41) is 16.2. The van der Waals surface area contributed by atoms with Crippen molar-refractivity contribution < 1.29 is 4.79 Å². The summed E-state index contributed by atoms with van der Waals surface area (Å²) in [6.07, 6.45) is 4.21. The SMILES string of the molecule is CC(C)Cc1nnc(NC(=O)C2CC23CCNCC3)s1.Cl. The Morgan fingerprint density at radius 3 is 2.81 bits per heavy atom. The van der Waals surface area contributed by atoms with Gasteiger partial charge in [-0.2, -0.15) is 0 Å². The van der Waals surface area contributed by atoms with Gasteiger partial charge in [-0.25, -0.2) is 0 Å². The van der Waals surface area contributed by atoms with E-state index in [1.807, 2.05) is 0 Å². The number of anilines is 1. The standard InChI is InChI=1S/C14H22N4OS.ClH/c1-9(2)7-11-17-18-13(20-11)16-12(19)10-8-14(10)3-5-15-6-4-14;/h9-10,15H,3-8H2,1-2H3,(H,16,18,19);1H. The fourth-order valence-electron chi connectivity index (χ4n) is 3.12. The molecular weight excluding hydrogens is 308 g/mol. The van der Waals surface area contributed by atoms with E-state index in [0.29, 0.717) is 11.0 Å². The van der Waals surface area contributed by atoms with Gasteiger partial charge in [-0.3, -0.25) is 4.79 Å². The van der Waals surface area contributed by atoms with Crippen LogP contribution in [0.3, 0.4) is 0 Å². The predicted molar refractivity (Wildman–Crippen MR) is 87.0 cm³/mol. The zero-order valence-corrected chi connectivity index (χ0v) is 14.1. The highest BCUT2D eigenvalue weighted by Gasteiger charge is 2.57. The minimum atomic E-state index is 0. The minimum Gasteiger partial charge on any atom is -0.317 e. The van der Waals surface area contributed by atoms with E-state index in [-0.39, 0.29) is 29.6 Å². The van der Waals surface area contributed by atoms with Crippen molar-refractivity contribution in [3.8, 4) is 0 Å². The molecule has 0 radical (unpaired) electrons. The van der Waals surface area contributed by atoms with Crippen LogP contribution in [0.1, 0.15) is 38.1 Å². The van der Waals surface area contributed by atoms with Crippen molar-refractivity contribution in [2.75, 3.05) is 18.4 Å². The molecule has 1 amide bonds. The number of halogens is 1. The average Bonchev–Trinajstić information content (AvgIpc) is 2.91. The molecule has 1 saturated heterocycles. The van der Waals surface area contributed by atoms with Gasteiger partial charge >= 0.3 is 0 Å². The van der Waals surface area contributed by atoms with E-state index in [1.165, 1.54) is 11.3 Å². The van der Waals surface area contributed by atoms with Gasteiger partial charge in [0.1, 0.15) is 5.01 Å². The molecule has 3 rings (SSSR count). The number of piperidine rings is 1. The molecule has 5 nitrogen and oxygen atoms in total. The van der Waals surface area contributed by atoms with Crippen molar-refractivity contribution in [3.05, 3.63) is 5.01 Å². The van der Waals surface area contributed by atoms with E-state index < -0.39 is 0 Å². The van der Waals surface area contributed by atoms with Gasteiger partial charge in [0, 0.05) is 12.3 Å². The van der Waals surface area contributed by atoms with Gasteiger partial charge in [0.05, 0.1) is 0 Å². The first-order chi connectivity index (χ1) is 9.59. The van der Waals surface area contributed by atoms with Gasteiger partial charge in [-0.15, -0.1) is 22.6 Å². The molecular formula is C14H23ClN4OS. The summed E-state index contributed by atoms with van der Waals surface area (Å²) in [5.74, 6) is 0.883. The molecule has 2 aliphatic rings. The van der Waals surface area contributed by atoms with E-state index in [1.54, 1.807) is 0 Å². The van der Waals surface area contributed by atoms with E-state index >= 15 is 0 Å². The second kappa shape index (κ2) is 6.58. The van der Waals surface area contributed by atoms with E-state index in [9.17, 15) is 4.79 Å². The second-order valence-corrected chi connectivity index (χ2v) is 7.52. The van der Waals surface area contributed by atoms with Crippen molar-refractivity contribution in [1.29, 1.82) is 0 Å². The zero-order valence-electron chi connectivity index (χ0n) is 12.5. The van der Waals surface area contributed by atoms with Gasteiger partial charge in [0.15, 0.2) is 0 Å². The van der Waals surface area contributed by atoms with Crippen molar-refractivity contribution >= 4 is 34.8 Å². The molecule has 1 aliphatic heterocycles. The fraction of sp³-hybridized carbons (Fsp3) is 0.786. The van der Waals surface area contributed by atoms with Gasteiger partial charge in [-0.1, -0.05) is 25.2 Å². The molecule has 0 bridgehead atoms. The summed E-state index contributed by atoms with van der Waals surface area (Å²) in [6.45, 7) is 6.40. The molecule has 1 aromatic rings. The lowest BCUT2D eigenvalue weighted by Gasteiger charge is -2.22. The maximum atomic E-state index is 12.3. The van der Waals surface area contributed by atoms with Crippen LogP contribution < -0.4 is 10.6 Å². The molecule has 0 aromatic carbocycles. The third kappa shape index (κ3) is 3.73. The first kappa shape index (κ1) is 16.6. The summed E-state index contributed by atoms with van der Waals surface area (Å²) in [6, 6.07) is 0. The van der Waals surface area contributed by atoms with Crippen LogP contribution in [0.15, 0.2) is 0 Å². The predicted octanol–water partition coefficient (Wildman–Crippen LogP) is 2.49. The minimum absolute atomic E-state index is 0. The first-order valence-corrected chi connectivity index (χ1v) is 8.25. The van der Waals surface area contributed by atoms with Crippen molar-refractivity contribution in [3.63, 3.8) is 0 Å². The summed E-state index contributed by atoms with van der Waals surface area (Å²) >= 11 is 1.50. The van der Waals surface area contributed by atoms with Crippen LogP contribution in [0.25, 0.3) is 0 Å². The number of nitrogens with zero attached hydrogens (tertiary/aromatic N) is 2. The number of carbonyl (C=O) groups excluding carboxylic acids is 1. The molecule has 1 aromatic heterocycles. The van der Waals surface area contributed by atoms with Crippen LogP contribution in [0.2, 0.25) is 0 Å². The highest BCUT2D eigenvalue weighted by atomic mass is 35.5. The molecule has 1 unspecified atom stereocenters. The van der Waals surface area contributed by atoms with Crippen LogP contribution in [0.4, 0.5) is 5.13 Å². The molecule has 2 heterocycles. The van der Waals surface area contributed by atoms with Gasteiger partial charge in [-0.05, 0) is 43.7 Å². The summed E-state index contributed by atoms with van der Waals surface area (Å²) < 4.78 is 0. The third-order valence-electron chi connectivity index (χ3n) is 4.39. The molecule has 2 N–H and O–H groups in total. The fourth-order valence-corrected chi connectivity index (χ4v) is 4.08. The number of nitrogens with one attached hydrogen (secondary N) is 2. The Morgan fingerprint density at radius 2 is 2.14 bits per heavy atom. The van der Waals surface area contributed by atoms with Crippen molar-refractivity contribution in [2.24, 2.45) is 17.3 Å². The van der Waals surface area contributed by atoms with Crippen molar-refractivity contribution in [2.45, 2.75) is 39.5 Å². The Balaban J connectivity index is 0.00000161. The Labute approximate surface area is 135 Å². The van der Waals surface area contributed by atoms with Gasteiger partial charge in [0.25, 0.3) is 0 Å². The molecule has 21 heavy (non-hydrogen) atoms. The lowest BCUT2D eigenvalue weighted by molar-refractivity contribution is -0.118. The number of hydrogen-bond acceptors (Lipinski definition) is 5. The summed E-state index contributed by atoms with van der Waals surface area (Å²) in [4.78, 5) is 12.3. The number of hydrogen-bond donors (Lipinski definition) is 2. The Kier molecular flexibility index (Phi) is 5.22. The number of carbonyl (C=O) groups is 1. The average molecular weight is 331 g/mol. The summed E-state index contributed by atoms with van der Waals surface area (Å²) in [7, 11) is 0. The quantitative estimate of drug-likeness (QED) is 0.890. The van der Waals surface area contributed by atoms with E-state index in [2.05, 4.69) is 34.7 Å². The molecule has 1 atom stereocenters. The smallest absolute Gasteiger partial charge is 0.229 e. The highest BCUT2D eigenvalue weighted by molar-refractivity contribution is 7.15. The van der Waals surface area contributed by atoms with Crippen LogP contribution in [0, 0.1) is 17.3 Å². The topological polar surface area (TPSA) is 66.9 Å². The van der Waals surface area contributed by atoms with Crippen LogP contribution in [0.5, 0.6) is 0 Å². The maximum Gasteiger partial charge on any atom is 0.229 e. The molecule has 2 fully saturated rings. The lowest BCUT2D eigenvalue weighted by Crippen LogP contribution is -2.31. The zero-order chi connectivity index (χ0) is 14.2. The Morgan fingerprint density at radius 1 is 1.43 bits per heavy atom. The normalized spacial score (nSPS) is 22.9. The maximum absolute atomic E-state index is 12.3. The molecule has 1 aliphatic carbocycles. The summed E-state index contributed by atoms with van der Waals surface area (Å²) in [5.41, 5.74) is 0.279. The Bertz CT molecular complexity index is 499. The molecule has 1 saturated carbocycles. The lowest BCUT2D eigenvalue weighted by atomic mass is 9.92. The monoisotopic (exact) mass is 330 g/mol. The molecule has 7 heteroatoms. The van der Waals surface area contributed by atoms with E-state index in [4.69, 9.17) is 0 Å². The van der Waals surface area contributed by atoms with Crippen LogP contribution >= 0.6 is 23.7 Å². The number of rotatable bonds is 4.